The van der Waals surface area contributed by atoms with Gasteiger partial charge in [0, 0.05) is 6.04 Å². The van der Waals surface area contributed by atoms with Crippen molar-refractivity contribution in [2.45, 2.75) is 25.6 Å². The number of alkyl halides is 2. The van der Waals surface area contributed by atoms with Crippen LogP contribution in [0.25, 0.3) is 5.52 Å². The second-order valence-electron chi connectivity index (χ2n) is 5.48. The van der Waals surface area contributed by atoms with Crippen LogP contribution >= 0.6 is 23.2 Å². The van der Waals surface area contributed by atoms with E-state index < -0.39 is 12.7 Å². The van der Waals surface area contributed by atoms with E-state index in [0.717, 1.165) is 0 Å². The maximum absolute atomic E-state index is 12.1. The van der Waals surface area contributed by atoms with Crippen LogP contribution < -0.4 is 11.1 Å². The van der Waals surface area contributed by atoms with Gasteiger partial charge in [-0.05, 0) is 41.8 Å². The molecule has 0 fully saturated rings. The molecule has 0 spiro atoms. The Morgan fingerprint density at radius 2 is 2.19 bits per heavy atom. The molecule has 0 aliphatic heterocycles. The molecule has 0 radical (unpaired) electrons. The van der Waals surface area contributed by atoms with Gasteiger partial charge >= 0.3 is 6.61 Å². The maximum Gasteiger partial charge on any atom is 0.345 e. The Balaban J connectivity index is 1.83. The van der Waals surface area contributed by atoms with Gasteiger partial charge in [0.15, 0.2) is 5.82 Å². The van der Waals surface area contributed by atoms with Crippen molar-refractivity contribution < 1.29 is 17.9 Å². The minimum atomic E-state index is -2.87. The lowest BCUT2D eigenvalue weighted by atomic mass is 10.1. The first-order valence-corrected chi connectivity index (χ1v) is 8.35. The lowest BCUT2D eigenvalue weighted by molar-refractivity contribution is -0.131. The van der Waals surface area contributed by atoms with Crippen molar-refractivity contribution in [2.24, 2.45) is 5.73 Å². The van der Waals surface area contributed by atoms with Gasteiger partial charge in [0.1, 0.15) is 16.4 Å². The molecule has 140 valence electrons. The van der Waals surface area contributed by atoms with E-state index in [1.807, 2.05) is 6.07 Å². The van der Waals surface area contributed by atoms with Gasteiger partial charge in [0.2, 0.25) is 5.28 Å². The van der Waals surface area contributed by atoms with Gasteiger partial charge in [-0.2, -0.15) is 13.8 Å². The molecule has 3 heterocycles. The van der Waals surface area contributed by atoms with Crippen LogP contribution in [0, 0.1) is 0 Å². The van der Waals surface area contributed by atoms with Crippen LogP contribution in [0.3, 0.4) is 0 Å². The molecule has 0 aliphatic rings. The fourth-order valence-electron chi connectivity index (χ4n) is 2.44. The average Bonchev–Trinajstić information content (AvgIpc) is 3.21. The van der Waals surface area contributed by atoms with Crippen LogP contribution in [0.2, 0.25) is 10.4 Å². The summed E-state index contributed by atoms with van der Waals surface area (Å²) in [5.74, 6) is 1.16. The molecular weight excluding hydrogens is 391 g/mol. The predicted molar refractivity (Wildman–Crippen MR) is 92.7 cm³/mol. The molecule has 3 N–H and O–H groups in total. The number of hydrogen-bond donors (Lipinski definition) is 2. The van der Waals surface area contributed by atoms with Crippen molar-refractivity contribution in [3.63, 3.8) is 0 Å². The third kappa shape index (κ3) is 4.42. The molecule has 7 nitrogen and oxygen atoms in total. The van der Waals surface area contributed by atoms with Crippen LogP contribution in [-0.2, 0) is 17.7 Å². The Labute approximate surface area is 157 Å². The number of ether oxygens (including phenoxy) is 1. The number of halogens is 4. The van der Waals surface area contributed by atoms with E-state index in [1.165, 1.54) is 4.52 Å². The SMILES string of the molecule is NC(COC(F)F)Cc1cc2c(NCc3ccco3)nc(Cl)nn2c1Cl. The first-order chi connectivity index (χ1) is 12.4. The largest absolute Gasteiger partial charge is 0.467 e. The molecule has 0 saturated heterocycles. The van der Waals surface area contributed by atoms with Crippen molar-refractivity contribution in [3.8, 4) is 0 Å². The third-order valence-corrected chi connectivity index (χ3v) is 4.11. The lowest BCUT2D eigenvalue weighted by Gasteiger charge is -2.10. The Bertz CT molecular complexity index is 873. The molecule has 1 unspecified atom stereocenters. The van der Waals surface area contributed by atoms with E-state index in [1.54, 1.807) is 18.4 Å². The molecule has 1 atom stereocenters. The van der Waals surface area contributed by atoms with Crippen LogP contribution in [0.1, 0.15) is 11.3 Å². The quantitative estimate of drug-likeness (QED) is 0.597. The van der Waals surface area contributed by atoms with Gasteiger partial charge in [0.05, 0.1) is 19.4 Å². The molecule has 0 amide bonds. The van der Waals surface area contributed by atoms with E-state index in [0.29, 0.717) is 29.2 Å². The standard InChI is InChI=1S/C15H15Cl2F2N5O2/c16-12-8(4-9(20)7-26-15(18)19)5-11-13(22-14(17)23-24(11)12)21-6-10-2-1-3-25-10/h1-3,5,9,15H,4,6-7,20H2,(H,21,22,23). The number of nitrogens with two attached hydrogens (primary N) is 1. The summed E-state index contributed by atoms with van der Waals surface area (Å²) in [5, 5.41) is 7.44. The zero-order valence-corrected chi connectivity index (χ0v) is 14.8. The molecule has 11 heteroatoms. The lowest BCUT2D eigenvalue weighted by Crippen LogP contribution is -2.29. The van der Waals surface area contributed by atoms with Crippen LogP contribution in [0.15, 0.2) is 28.9 Å². The summed E-state index contributed by atoms with van der Waals surface area (Å²) in [7, 11) is 0. The normalized spacial score (nSPS) is 12.8. The first kappa shape index (κ1) is 18.8. The summed E-state index contributed by atoms with van der Waals surface area (Å²) in [6.07, 6.45) is 1.79. The van der Waals surface area contributed by atoms with E-state index in [2.05, 4.69) is 20.1 Å². The fraction of sp³-hybridized carbons (Fsp3) is 0.333. The molecule has 3 aromatic rings. The highest BCUT2D eigenvalue weighted by Crippen LogP contribution is 2.27. The van der Waals surface area contributed by atoms with Crippen molar-refractivity contribution >= 4 is 34.5 Å². The Kier molecular flexibility index (Phi) is 5.92. The minimum Gasteiger partial charge on any atom is -0.467 e. The molecule has 3 rings (SSSR count). The summed E-state index contributed by atoms with van der Waals surface area (Å²) >= 11 is 12.3. The van der Waals surface area contributed by atoms with Gasteiger partial charge in [0.25, 0.3) is 0 Å². The van der Waals surface area contributed by atoms with E-state index in [-0.39, 0.29) is 23.5 Å². The van der Waals surface area contributed by atoms with Gasteiger partial charge in [-0.25, -0.2) is 4.52 Å². The third-order valence-electron chi connectivity index (χ3n) is 3.55. The van der Waals surface area contributed by atoms with Gasteiger partial charge < -0.3 is 20.2 Å². The average molecular weight is 406 g/mol. The highest BCUT2D eigenvalue weighted by atomic mass is 35.5. The number of anilines is 1. The summed E-state index contributed by atoms with van der Waals surface area (Å²) in [5.41, 5.74) is 7.01. The number of nitrogens with one attached hydrogen (secondary N) is 1. The fourth-order valence-corrected chi connectivity index (χ4v) is 2.86. The number of nitrogens with zero attached hydrogens (tertiary/aromatic N) is 3. The summed E-state index contributed by atoms with van der Waals surface area (Å²) in [4.78, 5) is 4.16. The van der Waals surface area contributed by atoms with Crippen LogP contribution in [0.4, 0.5) is 14.6 Å². The van der Waals surface area contributed by atoms with Gasteiger partial charge in [-0.15, -0.1) is 5.10 Å². The number of hydrogen-bond acceptors (Lipinski definition) is 6. The van der Waals surface area contributed by atoms with Gasteiger partial charge in [-0.1, -0.05) is 11.6 Å². The van der Waals surface area contributed by atoms with Crippen molar-refractivity contribution in [1.82, 2.24) is 14.6 Å². The summed E-state index contributed by atoms with van der Waals surface area (Å²) < 4.78 is 35.2. The second-order valence-corrected chi connectivity index (χ2v) is 6.17. The molecule has 0 saturated carbocycles. The minimum absolute atomic E-state index is 0.00572. The van der Waals surface area contributed by atoms with Crippen molar-refractivity contribution in [2.75, 3.05) is 11.9 Å². The second kappa shape index (κ2) is 8.17. The Morgan fingerprint density at radius 3 is 2.88 bits per heavy atom. The molecule has 0 aromatic carbocycles. The van der Waals surface area contributed by atoms with E-state index >= 15 is 0 Å². The van der Waals surface area contributed by atoms with E-state index in [4.69, 9.17) is 33.4 Å². The van der Waals surface area contributed by atoms with Gasteiger partial charge in [-0.3, -0.25) is 0 Å². The van der Waals surface area contributed by atoms with Crippen LogP contribution in [-0.4, -0.2) is 33.9 Å². The molecule has 0 bridgehead atoms. The maximum atomic E-state index is 12.1. The smallest absolute Gasteiger partial charge is 0.345 e. The molecule has 0 aliphatic carbocycles. The number of rotatable bonds is 8. The highest BCUT2D eigenvalue weighted by molar-refractivity contribution is 6.31. The zero-order chi connectivity index (χ0) is 18.7. The van der Waals surface area contributed by atoms with Crippen molar-refractivity contribution in [1.29, 1.82) is 0 Å². The Morgan fingerprint density at radius 1 is 1.38 bits per heavy atom. The summed E-state index contributed by atoms with van der Waals surface area (Å²) in [6.45, 7) is -2.78. The summed E-state index contributed by atoms with van der Waals surface area (Å²) in [6, 6.07) is 4.66. The molecule has 3 aromatic heterocycles. The topological polar surface area (TPSA) is 90.6 Å². The zero-order valence-electron chi connectivity index (χ0n) is 13.3. The van der Waals surface area contributed by atoms with E-state index in [9.17, 15) is 8.78 Å². The first-order valence-electron chi connectivity index (χ1n) is 7.59. The number of fused-ring (bicyclic) bond motifs is 1. The highest BCUT2D eigenvalue weighted by Gasteiger charge is 2.18. The Hall–Kier alpha value is -1.94. The molecular formula is C15H15Cl2F2N5O2. The van der Waals surface area contributed by atoms with Crippen molar-refractivity contribution in [3.05, 3.63) is 46.2 Å². The predicted octanol–water partition coefficient (Wildman–Crippen LogP) is 3.35. The monoisotopic (exact) mass is 405 g/mol. The number of aromatic nitrogens is 3. The van der Waals surface area contributed by atoms with Crippen LogP contribution in [0.5, 0.6) is 0 Å². The molecule has 26 heavy (non-hydrogen) atoms. The number of furan rings is 1.